The van der Waals surface area contributed by atoms with Gasteiger partial charge in [0, 0.05) is 31.5 Å². The lowest BCUT2D eigenvalue weighted by Gasteiger charge is -2.47. The monoisotopic (exact) mass is 355 g/mol. The van der Waals surface area contributed by atoms with Gasteiger partial charge in [0.25, 0.3) is 5.91 Å². The number of rotatable bonds is 3. The third kappa shape index (κ3) is 3.64. The quantitative estimate of drug-likeness (QED) is 0.906. The number of H-pyrrole nitrogens is 1. The molecule has 2 aromatic rings. The summed E-state index contributed by atoms with van der Waals surface area (Å²) in [6.45, 7) is 6.40. The molecule has 1 amide bonds. The Morgan fingerprint density at radius 3 is 3.04 bits per heavy atom. The van der Waals surface area contributed by atoms with E-state index in [4.69, 9.17) is 4.74 Å². The molecule has 0 radical (unpaired) electrons. The fourth-order valence-electron chi connectivity index (χ4n) is 4.00. The van der Waals surface area contributed by atoms with Crippen LogP contribution < -0.4 is 0 Å². The molecular weight excluding hydrogens is 330 g/mol. The van der Waals surface area contributed by atoms with Crippen molar-refractivity contribution in [3.05, 3.63) is 47.5 Å². The van der Waals surface area contributed by atoms with E-state index < -0.39 is 0 Å². The molecule has 2 aliphatic heterocycles. The van der Waals surface area contributed by atoms with Gasteiger partial charge >= 0.3 is 0 Å². The Morgan fingerprint density at radius 1 is 1.35 bits per heavy atom. The van der Waals surface area contributed by atoms with Crippen LogP contribution in [0.25, 0.3) is 0 Å². The van der Waals surface area contributed by atoms with E-state index >= 15 is 0 Å². The minimum absolute atomic E-state index is 0.0149. The fourth-order valence-corrected chi connectivity index (χ4v) is 4.00. The van der Waals surface area contributed by atoms with Crippen molar-refractivity contribution in [3.8, 4) is 0 Å². The minimum atomic E-state index is -0.285. The first-order valence-corrected chi connectivity index (χ1v) is 9.21. The molecule has 2 aromatic heterocycles. The molecule has 1 atom stereocenters. The normalized spacial score (nSPS) is 24.1. The Morgan fingerprint density at radius 2 is 2.27 bits per heavy atom. The molecule has 2 fully saturated rings. The molecule has 2 aliphatic rings. The second-order valence-corrected chi connectivity index (χ2v) is 7.33. The molecule has 0 unspecified atom stereocenters. The van der Waals surface area contributed by atoms with E-state index in [0.29, 0.717) is 25.4 Å². The zero-order valence-corrected chi connectivity index (χ0v) is 15.1. The summed E-state index contributed by atoms with van der Waals surface area (Å²) in [6.07, 6.45) is 3.88. The second kappa shape index (κ2) is 7.17. The topological polar surface area (TPSA) is 74.3 Å². The van der Waals surface area contributed by atoms with Crippen molar-refractivity contribution in [2.45, 2.75) is 31.9 Å². The lowest BCUT2D eigenvalue weighted by Crippen LogP contribution is -2.60. The Labute approximate surface area is 153 Å². The number of morpholine rings is 1. The molecule has 7 nitrogen and oxygen atoms in total. The van der Waals surface area contributed by atoms with Crippen molar-refractivity contribution in [3.63, 3.8) is 0 Å². The third-order valence-corrected chi connectivity index (χ3v) is 5.19. The van der Waals surface area contributed by atoms with E-state index in [9.17, 15) is 4.79 Å². The van der Waals surface area contributed by atoms with Crippen molar-refractivity contribution >= 4 is 5.91 Å². The average Bonchev–Trinajstić information content (AvgIpc) is 3.08. The number of ether oxygens (including phenoxy) is 1. The number of aromatic nitrogens is 3. The number of carbonyl (C=O) groups is 1. The van der Waals surface area contributed by atoms with Gasteiger partial charge in [-0.15, -0.1) is 0 Å². The first kappa shape index (κ1) is 17.2. The highest BCUT2D eigenvalue weighted by Gasteiger charge is 2.42. The molecule has 26 heavy (non-hydrogen) atoms. The maximum Gasteiger partial charge on any atom is 0.274 e. The predicted octanol–water partition coefficient (Wildman–Crippen LogP) is 1.62. The van der Waals surface area contributed by atoms with Gasteiger partial charge in [0.2, 0.25) is 0 Å². The largest absolute Gasteiger partial charge is 0.370 e. The third-order valence-electron chi connectivity index (χ3n) is 5.19. The van der Waals surface area contributed by atoms with Crippen LogP contribution in [0.2, 0.25) is 0 Å². The first-order chi connectivity index (χ1) is 12.6. The van der Waals surface area contributed by atoms with Crippen molar-refractivity contribution < 1.29 is 9.53 Å². The molecular formula is C19H25N5O2. The minimum Gasteiger partial charge on any atom is -0.370 e. The number of aromatic amines is 1. The molecule has 0 aliphatic carbocycles. The standard InChI is InChI=1S/C19H25N5O2/c1-15-11-17(22-21-15)18(25)24-9-10-26-19(14-24)6-4-8-23(13-19)12-16-5-2-3-7-20-16/h2-3,5,7,11H,4,6,8-10,12-14H2,1H3,(H,21,22)/t19-/m0/s1. The van der Waals surface area contributed by atoms with Crippen LogP contribution in [-0.2, 0) is 11.3 Å². The van der Waals surface area contributed by atoms with Crippen LogP contribution in [0, 0.1) is 6.92 Å². The number of nitrogens with one attached hydrogen (secondary N) is 1. The van der Waals surface area contributed by atoms with Gasteiger partial charge in [-0.25, -0.2) is 0 Å². The zero-order valence-electron chi connectivity index (χ0n) is 15.1. The molecule has 2 saturated heterocycles. The van der Waals surface area contributed by atoms with Crippen molar-refractivity contribution in [2.75, 3.05) is 32.8 Å². The second-order valence-electron chi connectivity index (χ2n) is 7.33. The summed E-state index contributed by atoms with van der Waals surface area (Å²) in [5.41, 5.74) is 2.17. The van der Waals surface area contributed by atoms with Crippen molar-refractivity contribution in [1.82, 2.24) is 25.0 Å². The molecule has 0 aromatic carbocycles. The maximum atomic E-state index is 12.8. The molecule has 1 spiro atoms. The fraction of sp³-hybridized carbons (Fsp3) is 0.526. The van der Waals surface area contributed by atoms with E-state index in [1.807, 2.05) is 30.2 Å². The van der Waals surface area contributed by atoms with Gasteiger partial charge in [-0.3, -0.25) is 19.8 Å². The number of hydrogen-bond donors (Lipinski definition) is 1. The van der Waals surface area contributed by atoms with E-state index in [0.717, 1.165) is 43.9 Å². The number of likely N-dealkylation sites (tertiary alicyclic amines) is 1. The van der Waals surface area contributed by atoms with Crippen LogP contribution in [0.4, 0.5) is 0 Å². The number of carbonyl (C=O) groups excluding carboxylic acids is 1. The van der Waals surface area contributed by atoms with E-state index in [-0.39, 0.29) is 11.5 Å². The van der Waals surface area contributed by atoms with Gasteiger partial charge in [0.1, 0.15) is 5.69 Å². The Balaban J connectivity index is 1.44. The average molecular weight is 355 g/mol. The summed E-state index contributed by atoms with van der Waals surface area (Å²) < 4.78 is 6.21. The van der Waals surface area contributed by atoms with Gasteiger partial charge < -0.3 is 9.64 Å². The van der Waals surface area contributed by atoms with Crippen LogP contribution in [0.5, 0.6) is 0 Å². The number of hydrogen-bond acceptors (Lipinski definition) is 5. The smallest absolute Gasteiger partial charge is 0.274 e. The molecule has 7 heteroatoms. The lowest BCUT2D eigenvalue weighted by atomic mass is 9.90. The summed E-state index contributed by atoms with van der Waals surface area (Å²) in [5, 5.41) is 6.97. The molecule has 138 valence electrons. The lowest BCUT2D eigenvalue weighted by molar-refractivity contribution is -0.133. The highest BCUT2D eigenvalue weighted by molar-refractivity contribution is 5.92. The van der Waals surface area contributed by atoms with Crippen LogP contribution in [0.15, 0.2) is 30.5 Å². The highest BCUT2D eigenvalue weighted by atomic mass is 16.5. The van der Waals surface area contributed by atoms with Crippen LogP contribution in [-0.4, -0.2) is 69.3 Å². The van der Waals surface area contributed by atoms with Crippen LogP contribution in [0.1, 0.15) is 34.7 Å². The Bertz CT molecular complexity index is 758. The summed E-state index contributed by atoms with van der Waals surface area (Å²) >= 11 is 0. The van der Waals surface area contributed by atoms with Gasteiger partial charge in [0.15, 0.2) is 0 Å². The van der Waals surface area contributed by atoms with E-state index in [2.05, 4.69) is 26.1 Å². The Hall–Kier alpha value is -2.25. The molecule has 4 heterocycles. The van der Waals surface area contributed by atoms with Crippen LogP contribution in [0.3, 0.4) is 0 Å². The number of amides is 1. The number of pyridine rings is 1. The molecule has 4 rings (SSSR count). The molecule has 0 bridgehead atoms. The predicted molar refractivity (Wildman–Crippen MR) is 96.7 cm³/mol. The van der Waals surface area contributed by atoms with Crippen molar-refractivity contribution in [1.29, 1.82) is 0 Å². The highest BCUT2D eigenvalue weighted by Crippen LogP contribution is 2.30. The molecule has 1 N–H and O–H groups in total. The van der Waals surface area contributed by atoms with Gasteiger partial charge in [0.05, 0.1) is 24.4 Å². The van der Waals surface area contributed by atoms with E-state index in [1.54, 1.807) is 6.07 Å². The maximum absolute atomic E-state index is 12.8. The van der Waals surface area contributed by atoms with Crippen molar-refractivity contribution in [2.24, 2.45) is 0 Å². The SMILES string of the molecule is Cc1cc(C(=O)N2CCO[C@]3(CCCN(Cc4ccccn4)C3)C2)n[nH]1. The van der Waals surface area contributed by atoms with Gasteiger partial charge in [-0.1, -0.05) is 6.07 Å². The summed E-state index contributed by atoms with van der Waals surface area (Å²) in [7, 11) is 0. The van der Waals surface area contributed by atoms with Gasteiger partial charge in [-0.2, -0.15) is 5.10 Å². The first-order valence-electron chi connectivity index (χ1n) is 9.21. The number of nitrogens with zero attached hydrogens (tertiary/aromatic N) is 4. The summed E-state index contributed by atoms with van der Waals surface area (Å²) in [4.78, 5) is 21.5. The summed E-state index contributed by atoms with van der Waals surface area (Å²) in [5.74, 6) is -0.0149. The number of piperidine rings is 1. The van der Waals surface area contributed by atoms with Crippen LogP contribution >= 0.6 is 0 Å². The zero-order chi connectivity index (χ0) is 18.0. The molecule has 0 saturated carbocycles. The summed E-state index contributed by atoms with van der Waals surface area (Å²) in [6, 6.07) is 7.81. The number of aryl methyl sites for hydroxylation is 1. The van der Waals surface area contributed by atoms with E-state index in [1.165, 1.54) is 0 Å². The van der Waals surface area contributed by atoms with Gasteiger partial charge in [-0.05, 0) is 44.5 Å². The Kier molecular flexibility index (Phi) is 4.74.